The highest BCUT2D eigenvalue weighted by Crippen LogP contribution is 2.19. The molecule has 0 spiro atoms. The molecule has 0 bridgehead atoms. The smallest absolute Gasteiger partial charge is 0.200 e. The van der Waals surface area contributed by atoms with E-state index in [1.165, 1.54) is 0 Å². The van der Waals surface area contributed by atoms with Gasteiger partial charge in [-0.05, 0) is 19.9 Å². The summed E-state index contributed by atoms with van der Waals surface area (Å²) in [4.78, 5) is 0. The van der Waals surface area contributed by atoms with Crippen molar-refractivity contribution in [2.45, 2.75) is 40.0 Å². The van der Waals surface area contributed by atoms with Gasteiger partial charge in [0.1, 0.15) is 0 Å². The number of fused-ring (bicyclic) bond motifs is 1. The van der Waals surface area contributed by atoms with Crippen molar-refractivity contribution in [1.29, 1.82) is 0 Å². The second-order valence-electron chi connectivity index (χ2n) is 5.82. The van der Waals surface area contributed by atoms with Gasteiger partial charge in [-0.3, -0.25) is 0 Å². The van der Waals surface area contributed by atoms with Gasteiger partial charge in [-0.15, -0.1) is 25.5 Å². The maximum absolute atomic E-state index is 4.46. The molecule has 3 heterocycles. The summed E-state index contributed by atoms with van der Waals surface area (Å²) < 4.78 is 3.28. The lowest BCUT2D eigenvalue weighted by molar-refractivity contribution is 0.521. The van der Waals surface area contributed by atoms with Crippen LogP contribution in [0.15, 0.2) is 6.07 Å². The van der Waals surface area contributed by atoms with Crippen molar-refractivity contribution in [1.82, 2.24) is 39.8 Å². The molecule has 3 aromatic heterocycles. The maximum atomic E-state index is 4.46. The van der Waals surface area contributed by atoms with Gasteiger partial charge in [-0.2, -0.15) is 9.61 Å². The second-order valence-corrected chi connectivity index (χ2v) is 5.82. The molecule has 8 heteroatoms. The van der Waals surface area contributed by atoms with Crippen molar-refractivity contribution in [2.75, 3.05) is 0 Å². The van der Waals surface area contributed by atoms with Crippen molar-refractivity contribution >= 4 is 5.78 Å². The quantitative estimate of drug-likeness (QED) is 0.657. The second kappa shape index (κ2) is 4.06. The Kier molecular flexibility index (Phi) is 2.56. The Morgan fingerprint density at radius 2 is 1.65 bits per heavy atom. The Hall–Kier alpha value is -2.38. The molecule has 0 fully saturated rings. The van der Waals surface area contributed by atoms with Crippen LogP contribution in [0, 0.1) is 13.8 Å². The number of aryl methyl sites for hydroxylation is 2. The molecule has 0 aliphatic heterocycles. The number of rotatable bonds is 1. The van der Waals surface area contributed by atoms with Gasteiger partial charge in [-0.1, -0.05) is 20.8 Å². The van der Waals surface area contributed by atoms with Crippen LogP contribution in [0.4, 0.5) is 0 Å². The van der Waals surface area contributed by atoms with E-state index in [9.17, 15) is 0 Å². The first kappa shape index (κ1) is 12.6. The van der Waals surface area contributed by atoms with Crippen molar-refractivity contribution in [3.05, 3.63) is 23.3 Å². The summed E-state index contributed by atoms with van der Waals surface area (Å²) in [6, 6.07) is 1.96. The third-order valence-electron chi connectivity index (χ3n) is 2.91. The highest BCUT2D eigenvalue weighted by Gasteiger charge is 2.23. The molecule has 0 unspecified atom stereocenters. The van der Waals surface area contributed by atoms with E-state index >= 15 is 0 Å². The van der Waals surface area contributed by atoms with Gasteiger partial charge in [0.15, 0.2) is 5.82 Å². The van der Waals surface area contributed by atoms with Crippen LogP contribution in [0.2, 0.25) is 0 Å². The predicted molar refractivity (Wildman–Crippen MR) is 71.7 cm³/mol. The fourth-order valence-corrected chi connectivity index (χ4v) is 2.01. The zero-order valence-corrected chi connectivity index (χ0v) is 12.2. The molecular formula is C12H16N8. The Bertz CT molecular complexity index is 776. The van der Waals surface area contributed by atoms with Crippen LogP contribution in [0.1, 0.15) is 38.0 Å². The number of nitrogens with zero attached hydrogens (tertiary/aromatic N) is 8. The van der Waals surface area contributed by atoms with Crippen molar-refractivity contribution in [3.8, 4) is 5.95 Å². The topological polar surface area (TPSA) is 86.7 Å². The van der Waals surface area contributed by atoms with E-state index in [0.29, 0.717) is 11.7 Å². The lowest BCUT2D eigenvalue weighted by Crippen LogP contribution is -2.19. The summed E-state index contributed by atoms with van der Waals surface area (Å²) in [7, 11) is 0. The summed E-state index contributed by atoms with van der Waals surface area (Å²) in [5.41, 5.74) is 1.68. The molecule has 8 nitrogen and oxygen atoms in total. The fraction of sp³-hybridized carbons (Fsp3) is 0.500. The Morgan fingerprint density at radius 3 is 2.25 bits per heavy atom. The summed E-state index contributed by atoms with van der Waals surface area (Å²) in [6.45, 7) is 10.0. The summed E-state index contributed by atoms with van der Waals surface area (Å²) in [5.74, 6) is 1.54. The molecule has 3 aromatic rings. The zero-order chi connectivity index (χ0) is 14.5. The SMILES string of the molecule is Cc1cc(C)n(-c2nnc3nnc(C(C)(C)C)n3n2)n1. The van der Waals surface area contributed by atoms with Gasteiger partial charge >= 0.3 is 0 Å². The normalized spacial score (nSPS) is 12.2. The van der Waals surface area contributed by atoms with Gasteiger partial charge in [0.05, 0.1) is 5.69 Å². The van der Waals surface area contributed by atoms with Crippen LogP contribution in [-0.4, -0.2) is 39.8 Å². The molecule has 0 radical (unpaired) electrons. The first-order valence-corrected chi connectivity index (χ1v) is 6.36. The van der Waals surface area contributed by atoms with Crippen LogP contribution < -0.4 is 0 Å². The van der Waals surface area contributed by atoms with E-state index < -0.39 is 0 Å². The van der Waals surface area contributed by atoms with Gasteiger partial charge in [0.2, 0.25) is 0 Å². The Balaban J connectivity index is 2.22. The third-order valence-corrected chi connectivity index (χ3v) is 2.91. The van der Waals surface area contributed by atoms with Crippen LogP contribution in [-0.2, 0) is 5.41 Å². The predicted octanol–water partition coefficient (Wildman–Crippen LogP) is 1.01. The monoisotopic (exact) mass is 272 g/mol. The van der Waals surface area contributed by atoms with Gasteiger partial charge in [0.25, 0.3) is 11.7 Å². The zero-order valence-electron chi connectivity index (χ0n) is 12.2. The highest BCUT2D eigenvalue weighted by molar-refractivity contribution is 5.27. The lowest BCUT2D eigenvalue weighted by Gasteiger charge is -2.14. The molecule has 0 amide bonds. The molecule has 0 aliphatic rings. The average Bonchev–Trinajstić information content (AvgIpc) is 2.90. The number of hydrogen-bond donors (Lipinski definition) is 0. The molecule has 0 aromatic carbocycles. The van der Waals surface area contributed by atoms with Crippen LogP contribution in [0.5, 0.6) is 0 Å². The minimum absolute atomic E-state index is 0.179. The Morgan fingerprint density at radius 1 is 0.950 bits per heavy atom. The molecule has 3 rings (SSSR count). The summed E-state index contributed by atoms with van der Waals surface area (Å²) in [5, 5.41) is 25.1. The molecule has 0 atom stereocenters. The lowest BCUT2D eigenvalue weighted by atomic mass is 9.96. The highest BCUT2D eigenvalue weighted by atomic mass is 15.5. The first-order valence-electron chi connectivity index (χ1n) is 6.36. The number of hydrogen-bond acceptors (Lipinski definition) is 6. The van der Waals surface area contributed by atoms with E-state index in [1.54, 1.807) is 9.20 Å². The third kappa shape index (κ3) is 1.93. The van der Waals surface area contributed by atoms with Crippen molar-refractivity contribution in [3.63, 3.8) is 0 Å². The largest absolute Gasteiger partial charge is 0.291 e. The van der Waals surface area contributed by atoms with Gasteiger partial charge < -0.3 is 0 Å². The first-order chi connectivity index (χ1) is 9.36. The molecule has 0 saturated heterocycles. The van der Waals surface area contributed by atoms with Crippen molar-refractivity contribution < 1.29 is 0 Å². The molecule has 20 heavy (non-hydrogen) atoms. The summed E-state index contributed by atoms with van der Waals surface area (Å²) >= 11 is 0. The Labute approximate surface area is 115 Å². The molecular weight excluding hydrogens is 256 g/mol. The van der Waals surface area contributed by atoms with Gasteiger partial charge in [-0.25, -0.2) is 4.68 Å². The molecule has 104 valence electrons. The van der Waals surface area contributed by atoms with E-state index in [0.717, 1.165) is 17.2 Å². The number of aromatic nitrogens is 8. The molecule has 0 aliphatic carbocycles. The van der Waals surface area contributed by atoms with Crippen LogP contribution >= 0.6 is 0 Å². The van der Waals surface area contributed by atoms with E-state index in [4.69, 9.17) is 0 Å². The van der Waals surface area contributed by atoms with Crippen LogP contribution in [0.25, 0.3) is 11.7 Å². The standard InChI is InChI=1S/C12H16N8/c1-7-6-8(2)19(17-7)11-16-15-10-14-13-9(12(3,4)5)20(10)18-11/h6H,1-5H3. The molecule has 0 saturated carbocycles. The maximum Gasteiger partial charge on any atom is 0.291 e. The minimum atomic E-state index is -0.179. The van der Waals surface area contributed by atoms with E-state index in [-0.39, 0.29) is 5.41 Å². The van der Waals surface area contributed by atoms with Gasteiger partial charge in [0, 0.05) is 11.1 Å². The van der Waals surface area contributed by atoms with Crippen LogP contribution in [0.3, 0.4) is 0 Å². The molecule has 0 N–H and O–H groups in total. The van der Waals surface area contributed by atoms with E-state index in [2.05, 4.69) is 51.4 Å². The summed E-state index contributed by atoms with van der Waals surface area (Å²) in [6.07, 6.45) is 0. The van der Waals surface area contributed by atoms with Crippen molar-refractivity contribution in [2.24, 2.45) is 0 Å². The average molecular weight is 272 g/mol. The minimum Gasteiger partial charge on any atom is -0.200 e. The van der Waals surface area contributed by atoms with E-state index in [1.807, 2.05) is 19.9 Å². The fourth-order valence-electron chi connectivity index (χ4n) is 2.01.